The molecule has 9 heteroatoms. The number of rotatable bonds is 3. The minimum atomic E-state index is -4.80. The third kappa shape index (κ3) is 3.64. The van der Waals surface area contributed by atoms with Crippen LogP contribution in [0.1, 0.15) is 48.0 Å². The van der Waals surface area contributed by atoms with Crippen LogP contribution in [0.4, 0.5) is 23.7 Å². The summed E-state index contributed by atoms with van der Waals surface area (Å²) in [5.74, 6) is 5.59. The first-order valence-electron chi connectivity index (χ1n) is 10.4. The number of nitrogens with zero attached hydrogens (tertiary/aromatic N) is 2. The molecular weight excluding hydrogens is 421 g/mol. The highest BCUT2D eigenvalue weighted by atomic mass is 19.4. The van der Waals surface area contributed by atoms with Crippen molar-refractivity contribution >= 4 is 11.7 Å². The van der Waals surface area contributed by atoms with E-state index in [0.29, 0.717) is 22.6 Å². The van der Waals surface area contributed by atoms with Gasteiger partial charge in [0.15, 0.2) is 0 Å². The van der Waals surface area contributed by atoms with Crippen LogP contribution >= 0.6 is 0 Å². The topological polar surface area (TPSA) is 78.1 Å². The monoisotopic (exact) mass is 444 g/mol. The Bertz CT molecular complexity index is 1200. The van der Waals surface area contributed by atoms with Crippen LogP contribution in [0.3, 0.4) is 0 Å². The van der Waals surface area contributed by atoms with E-state index in [1.165, 1.54) is 19.1 Å². The second kappa shape index (κ2) is 7.69. The third-order valence-electron chi connectivity index (χ3n) is 5.85. The maximum absolute atomic E-state index is 14.6. The molecule has 2 amide bonds. The first kappa shape index (κ1) is 21.9. The Morgan fingerprint density at radius 2 is 1.97 bits per heavy atom. The summed E-state index contributed by atoms with van der Waals surface area (Å²) in [6, 6.07) is 3.53. The average Bonchev–Trinajstić information content (AvgIpc) is 3.52. The molecule has 0 spiro atoms. The Labute approximate surface area is 183 Å². The number of amides is 2. The lowest BCUT2D eigenvalue weighted by atomic mass is 9.83. The number of aromatic amines is 1. The van der Waals surface area contributed by atoms with Crippen molar-refractivity contribution in [2.75, 3.05) is 11.9 Å². The molecule has 32 heavy (non-hydrogen) atoms. The highest BCUT2D eigenvalue weighted by Gasteiger charge is 2.63. The molecule has 1 aromatic carbocycles. The van der Waals surface area contributed by atoms with E-state index in [0.717, 1.165) is 17.7 Å². The van der Waals surface area contributed by atoms with Gasteiger partial charge in [-0.2, -0.15) is 13.2 Å². The number of hydrogen-bond acceptors (Lipinski definition) is 3. The fourth-order valence-electron chi connectivity index (χ4n) is 4.09. The van der Waals surface area contributed by atoms with E-state index < -0.39 is 17.7 Å². The summed E-state index contributed by atoms with van der Waals surface area (Å²) >= 11 is 0. The lowest BCUT2D eigenvalue weighted by molar-refractivity contribution is -0.206. The molecule has 2 heterocycles. The number of H-pyrrole nitrogens is 1. The van der Waals surface area contributed by atoms with Crippen LogP contribution in [0.5, 0.6) is 0 Å². The molecule has 0 unspecified atom stereocenters. The number of alkyl halides is 3. The van der Waals surface area contributed by atoms with Crippen molar-refractivity contribution in [2.45, 2.75) is 51.7 Å². The second-order valence-corrected chi connectivity index (χ2v) is 8.20. The number of halogens is 3. The van der Waals surface area contributed by atoms with E-state index in [1.54, 1.807) is 19.9 Å². The molecule has 0 bridgehead atoms. The summed E-state index contributed by atoms with van der Waals surface area (Å²) in [4.78, 5) is 32.7. The lowest BCUT2D eigenvalue weighted by Crippen LogP contribution is -2.61. The minimum Gasteiger partial charge on any atom is -0.311 e. The van der Waals surface area contributed by atoms with E-state index in [1.807, 2.05) is 0 Å². The number of aryl methyl sites for hydroxylation is 2. The number of nitrogens with one attached hydrogen (secondary N) is 2. The van der Waals surface area contributed by atoms with Gasteiger partial charge in [-0.05, 0) is 45.2 Å². The highest BCUT2D eigenvalue weighted by molar-refractivity contribution is 5.95. The number of urea groups is 1. The lowest BCUT2D eigenvalue weighted by Gasteiger charge is -2.45. The standard InChI is InChI=1S/C23H23F3N4O2/c1-4-30-21(32)29-19-12-16(11-17-13(2)27-14(3)28-20(17)31)7-8-18(19)22(30,23(24,25)26)10-9-15-5-6-15/h7-8,12,15H,4-6,11H2,1-3H3,(H,29,32)(H,27,28,31)/t22-/m0/s1. The van der Waals surface area contributed by atoms with E-state index in [9.17, 15) is 22.8 Å². The zero-order chi connectivity index (χ0) is 23.3. The van der Waals surface area contributed by atoms with Gasteiger partial charge in [-0.25, -0.2) is 9.78 Å². The van der Waals surface area contributed by atoms with Gasteiger partial charge in [0.1, 0.15) is 5.82 Å². The Morgan fingerprint density at radius 3 is 2.56 bits per heavy atom. The molecule has 4 rings (SSSR count). The largest absolute Gasteiger partial charge is 0.427 e. The van der Waals surface area contributed by atoms with E-state index >= 15 is 0 Å². The first-order chi connectivity index (χ1) is 15.1. The molecule has 0 radical (unpaired) electrons. The van der Waals surface area contributed by atoms with Crippen molar-refractivity contribution in [3.8, 4) is 11.8 Å². The molecule has 2 N–H and O–H groups in total. The smallest absolute Gasteiger partial charge is 0.311 e. The molecule has 168 valence electrons. The summed E-state index contributed by atoms with van der Waals surface area (Å²) in [6.07, 6.45) is -3.09. The Morgan fingerprint density at radius 1 is 1.25 bits per heavy atom. The molecule has 1 aliphatic carbocycles. The Hall–Kier alpha value is -3.28. The van der Waals surface area contributed by atoms with Gasteiger partial charge >= 0.3 is 12.2 Å². The fourth-order valence-corrected chi connectivity index (χ4v) is 4.09. The van der Waals surface area contributed by atoms with E-state index in [-0.39, 0.29) is 35.7 Å². The van der Waals surface area contributed by atoms with Crippen LogP contribution in [0.15, 0.2) is 23.0 Å². The molecular formula is C23H23F3N4O2. The molecule has 6 nitrogen and oxygen atoms in total. The predicted molar refractivity (Wildman–Crippen MR) is 113 cm³/mol. The van der Waals surface area contributed by atoms with Crippen LogP contribution in [0, 0.1) is 31.6 Å². The van der Waals surface area contributed by atoms with Crippen LogP contribution in [0.2, 0.25) is 0 Å². The number of benzene rings is 1. The maximum Gasteiger partial charge on any atom is 0.427 e. The number of aromatic nitrogens is 2. The second-order valence-electron chi connectivity index (χ2n) is 8.20. The summed E-state index contributed by atoms with van der Waals surface area (Å²) in [5.41, 5.74) is -1.54. The van der Waals surface area contributed by atoms with Crippen molar-refractivity contribution in [3.05, 3.63) is 56.8 Å². The molecule has 2 aliphatic rings. The normalized spacial score (nSPS) is 20.3. The number of hydrogen-bond donors (Lipinski definition) is 2. The first-order valence-corrected chi connectivity index (χ1v) is 10.4. The molecule has 1 aliphatic heterocycles. The van der Waals surface area contributed by atoms with E-state index in [4.69, 9.17) is 0 Å². The van der Waals surface area contributed by atoms with Gasteiger partial charge in [0.05, 0.1) is 0 Å². The maximum atomic E-state index is 14.6. The van der Waals surface area contributed by atoms with Crippen LogP contribution in [-0.4, -0.2) is 33.6 Å². The Balaban J connectivity index is 1.84. The number of fused-ring (bicyclic) bond motifs is 1. The van der Waals surface area contributed by atoms with Gasteiger partial charge in [-0.1, -0.05) is 24.0 Å². The summed E-state index contributed by atoms with van der Waals surface area (Å²) < 4.78 is 43.7. The van der Waals surface area contributed by atoms with Crippen molar-refractivity contribution in [1.82, 2.24) is 14.9 Å². The van der Waals surface area contributed by atoms with Gasteiger partial charge in [-0.15, -0.1) is 0 Å². The predicted octanol–water partition coefficient (Wildman–Crippen LogP) is 4.02. The number of anilines is 1. The molecule has 1 fully saturated rings. The third-order valence-corrected chi connectivity index (χ3v) is 5.85. The van der Waals surface area contributed by atoms with Crippen LogP contribution < -0.4 is 10.9 Å². The van der Waals surface area contributed by atoms with Crippen LogP contribution in [-0.2, 0) is 12.0 Å². The fraction of sp³-hybridized carbons (Fsp3) is 0.435. The van der Waals surface area contributed by atoms with Gasteiger partial charge < -0.3 is 10.3 Å². The van der Waals surface area contributed by atoms with Crippen LogP contribution in [0.25, 0.3) is 0 Å². The quantitative estimate of drug-likeness (QED) is 0.702. The van der Waals surface area contributed by atoms with Gasteiger partial charge in [0, 0.05) is 41.4 Å². The van der Waals surface area contributed by atoms with Crippen molar-refractivity contribution < 1.29 is 18.0 Å². The van der Waals surface area contributed by atoms with Crippen molar-refractivity contribution in [2.24, 2.45) is 5.92 Å². The molecule has 0 saturated heterocycles. The summed E-state index contributed by atoms with van der Waals surface area (Å²) in [7, 11) is 0. The summed E-state index contributed by atoms with van der Waals surface area (Å²) in [6.45, 7) is 4.72. The molecule has 1 atom stereocenters. The molecule has 1 aromatic heterocycles. The average molecular weight is 444 g/mol. The van der Waals surface area contributed by atoms with Crippen molar-refractivity contribution in [3.63, 3.8) is 0 Å². The van der Waals surface area contributed by atoms with Crippen molar-refractivity contribution in [1.29, 1.82) is 0 Å². The Kier molecular flexibility index (Phi) is 5.27. The number of carbonyl (C=O) groups is 1. The SMILES string of the molecule is CCN1C(=O)Nc2cc(Cc3c(C)nc(C)[nH]c3=O)ccc2[C@@]1(C#CC1CC1)C(F)(F)F. The summed E-state index contributed by atoms with van der Waals surface area (Å²) in [5, 5.41) is 2.57. The van der Waals surface area contributed by atoms with Gasteiger partial charge in [0.2, 0.25) is 5.54 Å². The van der Waals surface area contributed by atoms with E-state index in [2.05, 4.69) is 27.1 Å². The zero-order valence-corrected chi connectivity index (χ0v) is 18.0. The molecule has 2 aromatic rings. The van der Waals surface area contributed by atoms with Gasteiger partial charge in [0.25, 0.3) is 5.56 Å². The van der Waals surface area contributed by atoms with Gasteiger partial charge in [-0.3, -0.25) is 9.69 Å². The molecule has 1 saturated carbocycles. The number of carbonyl (C=O) groups excluding carboxylic acids is 1. The highest BCUT2D eigenvalue weighted by Crippen LogP contribution is 2.49. The zero-order valence-electron chi connectivity index (χ0n) is 18.0. The minimum absolute atomic E-state index is 0.0498.